The molecule has 1 aromatic heterocycles. The highest BCUT2D eigenvalue weighted by molar-refractivity contribution is 6.31. The molecule has 2 heterocycles. The molecule has 1 aliphatic heterocycles. The zero-order chi connectivity index (χ0) is 20.5. The molecule has 0 spiro atoms. The van der Waals surface area contributed by atoms with Gasteiger partial charge >= 0.3 is 0 Å². The molecule has 1 amide bonds. The summed E-state index contributed by atoms with van der Waals surface area (Å²) in [6.45, 7) is 0.348. The molecule has 29 heavy (non-hydrogen) atoms. The lowest BCUT2D eigenvalue weighted by Crippen LogP contribution is -2.24. The van der Waals surface area contributed by atoms with Crippen LogP contribution in [0.25, 0.3) is 11.5 Å². The van der Waals surface area contributed by atoms with Gasteiger partial charge in [0.1, 0.15) is 17.3 Å². The van der Waals surface area contributed by atoms with Crippen LogP contribution in [0.1, 0.15) is 18.2 Å². The quantitative estimate of drug-likeness (QED) is 0.622. The SMILES string of the molecule is COc1cc(OC)cc(-c2nc([C@@H]3CC(=O)N(c4ccc(F)c(Cl)c4)C3)no2)c1. The Hall–Kier alpha value is -3.13. The highest BCUT2D eigenvalue weighted by Gasteiger charge is 2.35. The van der Waals surface area contributed by atoms with Gasteiger partial charge in [0.2, 0.25) is 5.91 Å². The minimum atomic E-state index is -0.532. The zero-order valence-electron chi connectivity index (χ0n) is 15.7. The lowest BCUT2D eigenvalue weighted by Gasteiger charge is -2.16. The van der Waals surface area contributed by atoms with Crippen molar-refractivity contribution in [2.45, 2.75) is 12.3 Å². The third-order valence-electron chi connectivity index (χ3n) is 4.75. The number of nitrogens with zero attached hydrogens (tertiary/aromatic N) is 3. The summed E-state index contributed by atoms with van der Waals surface area (Å²) in [4.78, 5) is 18.5. The van der Waals surface area contributed by atoms with Crippen LogP contribution in [-0.2, 0) is 4.79 Å². The predicted octanol–water partition coefficient (Wildman–Crippen LogP) is 4.07. The van der Waals surface area contributed by atoms with Crippen LogP contribution in [-0.4, -0.2) is 36.8 Å². The normalized spacial score (nSPS) is 16.3. The molecule has 0 bridgehead atoms. The van der Waals surface area contributed by atoms with Gasteiger partial charge in [-0.3, -0.25) is 4.79 Å². The second kappa shape index (κ2) is 7.71. The minimum Gasteiger partial charge on any atom is -0.497 e. The molecule has 150 valence electrons. The standard InChI is InChI=1S/C20H17ClFN3O4/c1-27-14-5-11(6-15(9-14)28-2)20-23-19(24-29-20)12-7-18(26)25(10-12)13-3-4-17(22)16(21)8-13/h3-6,8-9,12H,7,10H2,1-2H3/t12-/m1/s1. The lowest BCUT2D eigenvalue weighted by atomic mass is 10.1. The van der Waals surface area contributed by atoms with Crippen LogP contribution < -0.4 is 14.4 Å². The van der Waals surface area contributed by atoms with Gasteiger partial charge in [0.05, 0.1) is 19.2 Å². The van der Waals surface area contributed by atoms with Gasteiger partial charge in [-0.2, -0.15) is 4.98 Å². The summed E-state index contributed by atoms with van der Waals surface area (Å²) in [6.07, 6.45) is 0.218. The number of aromatic nitrogens is 2. The van der Waals surface area contributed by atoms with Crippen molar-refractivity contribution < 1.29 is 23.2 Å². The fraction of sp³-hybridized carbons (Fsp3) is 0.250. The minimum absolute atomic E-state index is 0.0347. The van der Waals surface area contributed by atoms with Gasteiger partial charge in [0.15, 0.2) is 5.82 Å². The summed E-state index contributed by atoms with van der Waals surface area (Å²) in [5, 5.41) is 4.01. The average Bonchev–Trinajstić information content (AvgIpc) is 3.36. The number of amides is 1. The molecule has 1 atom stereocenters. The van der Waals surface area contributed by atoms with Crippen LogP contribution in [0.3, 0.4) is 0 Å². The molecule has 0 radical (unpaired) electrons. The van der Waals surface area contributed by atoms with E-state index in [1.807, 2.05) is 0 Å². The molecule has 4 rings (SSSR count). The summed E-state index contributed by atoms with van der Waals surface area (Å²) in [5.41, 5.74) is 1.18. The van der Waals surface area contributed by atoms with Crippen molar-refractivity contribution in [3.05, 3.63) is 53.1 Å². The summed E-state index contributed by atoms with van der Waals surface area (Å²) < 4.78 is 29.3. The molecule has 9 heteroatoms. The molecule has 0 unspecified atom stereocenters. The topological polar surface area (TPSA) is 77.7 Å². The van der Waals surface area contributed by atoms with Crippen molar-refractivity contribution in [1.82, 2.24) is 10.1 Å². The zero-order valence-corrected chi connectivity index (χ0v) is 16.4. The molecule has 1 saturated heterocycles. The number of carbonyl (C=O) groups is 1. The maximum absolute atomic E-state index is 13.4. The number of benzene rings is 2. The Bertz CT molecular complexity index is 1050. The Morgan fingerprint density at radius 2 is 1.90 bits per heavy atom. The number of methoxy groups -OCH3 is 2. The van der Waals surface area contributed by atoms with E-state index in [0.717, 1.165) is 0 Å². The first-order chi connectivity index (χ1) is 14.0. The van der Waals surface area contributed by atoms with E-state index in [9.17, 15) is 9.18 Å². The maximum atomic E-state index is 13.4. The van der Waals surface area contributed by atoms with Crippen molar-refractivity contribution in [2.24, 2.45) is 0 Å². The van der Waals surface area contributed by atoms with Crippen molar-refractivity contribution in [1.29, 1.82) is 0 Å². The molecule has 0 saturated carbocycles. The number of hydrogen-bond acceptors (Lipinski definition) is 6. The molecular weight excluding hydrogens is 401 g/mol. The van der Waals surface area contributed by atoms with Crippen LogP contribution in [0, 0.1) is 5.82 Å². The Labute approximate surface area is 171 Å². The molecular formula is C20H17ClFN3O4. The number of ether oxygens (including phenoxy) is 2. The number of hydrogen-bond donors (Lipinski definition) is 0. The largest absolute Gasteiger partial charge is 0.497 e. The summed E-state index contributed by atoms with van der Waals surface area (Å²) in [6, 6.07) is 9.44. The van der Waals surface area contributed by atoms with Gasteiger partial charge in [0, 0.05) is 36.2 Å². The van der Waals surface area contributed by atoms with E-state index in [1.54, 1.807) is 37.3 Å². The van der Waals surface area contributed by atoms with E-state index in [4.69, 9.17) is 25.6 Å². The van der Waals surface area contributed by atoms with Crippen molar-refractivity contribution >= 4 is 23.2 Å². The summed E-state index contributed by atoms with van der Waals surface area (Å²) in [7, 11) is 3.11. The van der Waals surface area contributed by atoms with Crippen LogP contribution in [0.15, 0.2) is 40.9 Å². The first kappa shape index (κ1) is 19.2. The second-order valence-electron chi connectivity index (χ2n) is 6.56. The third-order valence-corrected chi connectivity index (χ3v) is 5.03. The number of anilines is 1. The highest BCUT2D eigenvalue weighted by Crippen LogP contribution is 2.34. The molecule has 3 aromatic rings. The van der Waals surface area contributed by atoms with Crippen LogP contribution >= 0.6 is 11.6 Å². The first-order valence-electron chi connectivity index (χ1n) is 8.81. The molecule has 2 aromatic carbocycles. The monoisotopic (exact) mass is 417 g/mol. The van der Waals surface area contributed by atoms with Crippen LogP contribution in [0.4, 0.5) is 10.1 Å². The molecule has 1 aliphatic rings. The number of carbonyl (C=O) groups excluding carboxylic acids is 1. The fourth-order valence-corrected chi connectivity index (χ4v) is 3.41. The fourth-order valence-electron chi connectivity index (χ4n) is 3.23. The van der Waals surface area contributed by atoms with Gasteiger partial charge in [-0.25, -0.2) is 4.39 Å². The molecule has 0 aliphatic carbocycles. The Balaban J connectivity index is 1.57. The highest BCUT2D eigenvalue weighted by atomic mass is 35.5. The van der Waals surface area contributed by atoms with Gasteiger partial charge in [-0.1, -0.05) is 16.8 Å². The summed E-state index contributed by atoms with van der Waals surface area (Å²) in [5.74, 6) is 1.00. The Kier molecular flexibility index (Phi) is 5.10. The molecule has 7 nitrogen and oxygen atoms in total. The Morgan fingerprint density at radius 1 is 1.17 bits per heavy atom. The van der Waals surface area contributed by atoms with E-state index in [0.29, 0.717) is 41.0 Å². The van der Waals surface area contributed by atoms with Crippen LogP contribution in [0.5, 0.6) is 11.5 Å². The summed E-state index contributed by atoms with van der Waals surface area (Å²) >= 11 is 5.84. The van der Waals surface area contributed by atoms with Gasteiger partial charge in [-0.05, 0) is 30.3 Å². The van der Waals surface area contributed by atoms with E-state index in [1.165, 1.54) is 18.2 Å². The van der Waals surface area contributed by atoms with Crippen molar-refractivity contribution in [2.75, 3.05) is 25.7 Å². The van der Waals surface area contributed by atoms with Gasteiger partial charge in [-0.15, -0.1) is 0 Å². The second-order valence-corrected chi connectivity index (χ2v) is 6.97. The van der Waals surface area contributed by atoms with Crippen molar-refractivity contribution in [3.63, 3.8) is 0 Å². The number of rotatable bonds is 5. The lowest BCUT2D eigenvalue weighted by molar-refractivity contribution is -0.117. The molecule has 0 N–H and O–H groups in total. The van der Waals surface area contributed by atoms with Gasteiger partial charge < -0.3 is 18.9 Å². The van der Waals surface area contributed by atoms with Gasteiger partial charge in [0.25, 0.3) is 5.89 Å². The molecule has 1 fully saturated rings. The maximum Gasteiger partial charge on any atom is 0.258 e. The Morgan fingerprint density at radius 3 is 2.55 bits per heavy atom. The van der Waals surface area contributed by atoms with Crippen LogP contribution in [0.2, 0.25) is 5.02 Å². The smallest absolute Gasteiger partial charge is 0.258 e. The number of halogens is 2. The van der Waals surface area contributed by atoms with E-state index in [-0.39, 0.29) is 23.3 Å². The third kappa shape index (κ3) is 3.75. The van der Waals surface area contributed by atoms with E-state index < -0.39 is 5.82 Å². The predicted molar refractivity (Wildman–Crippen MR) is 104 cm³/mol. The van der Waals surface area contributed by atoms with Crippen molar-refractivity contribution in [3.8, 4) is 23.0 Å². The van der Waals surface area contributed by atoms with E-state index >= 15 is 0 Å². The average molecular weight is 418 g/mol. The first-order valence-corrected chi connectivity index (χ1v) is 9.18. The van der Waals surface area contributed by atoms with E-state index in [2.05, 4.69) is 10.1 Å².